The number of amides is 2. The van der Waals surface area contributed by atoms with Gasteiger partial charge in [0.2, 0.25) is 11.8 Å². The topological polar surface area (TPSA) is 67.9 Å². The zero-order valence-electron chi connectivity index (χ0n) is 14.8. The number of hydrogen-bond donors (Lipinski definition) is 1. The average Bonchev–Trinajstić information content (AvgIpc) is 3.04. The number of nitrogens with zero attached hydrogens (tertiary/aromatic N) is 1. The van der Waals surface area contributed by atoms with Gasteiger partial charge in [-0.05, 0) is 18.2 Å². The molecule has 2 aromatic carbocycles. The first-order chi connectivity index (χ1) is 12.9. The minimum Gasteiger partial charge on any atom is -0.495 e. The van der Waals surface area contributed by atoms with E-state index in [1.807, 2.05) is 0 Å². The third kappa shape index (κ3) is 3.98. The number of benzene rings is 2. The van der Waals surface area contributed by atoms with E-state index in [1.165, 1.54) is 43.4 Å². The highest BCUT2D eigenvalue weighted by molar-refractivity contribution is 6.32. The number of methoxy groups -OCH3 is 2. The predicted molar refractivity (Wildman–Crippen MR) is 100 cm³/mol. The fourth-order valence-electron chi connectivity index (χ4n) is 2.97. The van der Waals surface area contributed by atoms with Gasteiger partial charge in [0.05, 0.1) is 30.8 Å². The summed E-state index contributed by atoms with van der Waals surface area (Å²) < 4.78 is 23.8. The van der Waals surface area contributed by atoms with Crippen LogP contribution in [0.3, 0.4) is 0 Å². The molecule has 1 N–H and O–H groups in total. The minimum atomic E-state index is -0.577. The summed E-state index contributed by atoms with van der Waals surface area (Å²) >= 11 is 6.06. The van der Waals surface area contributed by atoms with Crippen LogP contribution >= 0.6 is 11.6 Å². The lowest BCUT2D eigenvalue weighted by molar-refractivity contribution is -0.122. The highest BCUT2D eigenvalue weighted by atomic mass is 35.5. The summed E-state index contributed by atoms with van der Waals surface area (Å²) in [6.45, 7) is 0.168. The first-order valence-electron chi connectivity index (χ1n) is 8.21. The van der Waals surface area contributed by atoms with Crippen molar-refractivity contribution in [1.82, 2.24) is 0 Å². The van der Waals surface area contributed by atoms with Crippen LogP contribution < -0.4 is 19.7 Å². The quantitative estimate of drug-likeness (QED) is 0.845. The number of halogens is 2. The molecule has 0 spiro atoms. The summed E-state index contributed by atoms with van der Waals surface area (Å²) in [4.78, 5) is 26.4. The Bertz CT molecular complexity index is 890. The molecule has 0 saturated carbocycles. The van der Waals surface area contributed by atoms with Gasteiger partial charge < -0.3 is 19.7 Å². The van der Waals surface area contributed by atoms with Gasteiger partial charge in [0.25, 0.3) is 0 Å². The van der Waals surface area contributed by atoms with E-state index < -0.39 is 11.7 Å². The molecular weight excluding hydrogens is 375 g/mol. The Morgan fingerprint density at radius 3 is 2.63 bits per heavy atom. The van der Waals surface area contributed by atoms with Crippen LogP contribution in [0.4, 0.5) is 15.8 Å². The summed E-state index contributed by atoms with van der Waals surface area (Å²) in [5.41, 5.74) is 0.821. The highest BCUT2D eigenvalue weighted by Gasteiger charge is 2.35. The fourth-order valence-corrected chi connectivity index (χ4v) is 3.20. The minimum absolute atomic E-state index is 0.0371. The van der Waals surface area contributed by atoms with Crippen molar-refractivity contribution < 1.29 is 23.5 Å². The van der Waals surface area contributed by atoms with E-state index in [1.54, 1.807) is 12.1 Å². The van der Waals surface area contributed by atoms with Crippen LogP contribution in [0.2, 0.25) is 5.02 Å². The highest BCUT2D eigenvalue weighted by Crippen LogP contribution is 2.36. The molecule has 142 valence electrons. The van der Waals surface area contributed by atoms with Gasteiger partial charge in [-0.2, -0.15) is 0 Å². The Morgan fingerprint density at radius 1 is 1.22 bits per heavy atom. The molecule has 2 amide bonds. The summed E-state index contributed by atoms with van der Waals surface area (Å²) in [5, 5.41) is 3.10. The van der Waals surface area contributed by atoms with Crippen molar-refractivity contribution >= 4 is 34.8 Å². The molecule has 27 heavy (non-hydrogen) atoms. The second kappa shape index (κ2) is 7.84. The molecule has 6 nitrogen and oxygen atoms in total. The van der Waals surface area contributed by atoms with Gasteiger partial charge >= 0.3 is 0 Å². The van der Waals surface area contributed by atoms with Crippen molar-refractivity contribution in [1.29, 1.82) is 0 Å². The van der Waals surface area contributed by atoms with Gasteiger partial charge in [0, 0.05) is 30.8 Å². The number of anilines is 2. The van der Waals surface area contributed by atoms with Crippen LogP contribution in [0, 0.1) is 11.7 Å². The van der Waals surface area contributed by atoms with Crippen LogP contribution in [0.15, 0.2) is 36.4 Å². The van der Waals surface area contributed by atoms with Gasteiger partial charge in [0.15, 0.2) is 0 Å². The number of ether oxygens (including phenoxy) is 2. The molecule has 1 fully saturated rings. The molecule has 1 aliphatic rings. The number of hydrogen-bond acceptors (Lipinski definition) is 4. The van der Waals surface area contributed by atoms with Gasteiger partial charge in [0.1, 0.15) is 17.3 Å². The summed E-state index contributed by atoms with van der Waals surface area (Å²) in [7, 11) is 2.92. The molecule has 1 unspecified atom stereocenters. The van der Waals surface area contributed by atoms with Crippen molar-refractivity contribution in [3.05, 3.63) is 47.2 Å². The lowest BCUT2D eigenvalue weighted by Gasteiger charge is -2.17. The molecule has 1 heterocycles. The molecule has 0 aliphatic carbocycles. The van der Waals surface area contributed by atoms with Gasteiger partial charge in [-0.15, -0.1) is 0 Å². The number of nitrogens with one attached hydrogen (secondary N) is 1. The van der Waals surface area contributed by atoms with Crippen LogP contribution in [-0.2, 0) is 9.59 Å². The standard InChI is InChI=1S/C19H18ClFN2O4/c1-26-16-9-15(17(27-2)8-14(16)20)22-19(25)11-6-18(24)23(10-11)13-5-3-4-12(21)7-13/h3-5,7-9,11H,6,10H2,1-2H3,(H,22,25). The van der Waals surface area contributed by atoms with Gasteiger partial charge in [-0.1, -0.05) is 17.7 Å². The van der Waals surface area contributed by atoms with Gasteiger partial charge in [-0.3, -0.25) is 9.59 Å². The Kier molecular flexibility index (Phi) is 5.51. The number of carbonyl (C=O) groups excluding carboxylic acids is 2. The monoisotopic (exact) mass is 392 g/mol. The van der Waals surface area contributed by atoms with Crippen LogP contribution in [0.25, 0.3) is 0 Å². The van der Waals surface area contributed by atoms with E-state index in [2.05, 4.69) is 5.32 Å². The van der Waals surface area contributed by atoms with Crippen molar-refractivity contribution in [2.24, 2.45) is 5.92 Å². The first-order valence-corrected chi connectivity index (χ1v) is 8.59. The number of rotatable bonds is 5. The van der Waals surface area contributed by atoms with Crippen molar-refractivity contribution in [3.8, 4) is 11.5 Å². The maximum atomic E-state index is 13.4. The van der Waals surface area contributed by atoms with E-state index >= 15 is 0 Å². The Hall–Kier alpha value is -2.80. The third-order valence-electron chi connectivity index (χ3n) is 4.35. The summed E-state index contributed by atoms with van der Waals surface area (Å²) in [6, 6.07) is 8.82. The zero-order chi connectivity index (χ0) is 19.6. The average molecular weight is 393 g/mol. The van der Waals surface area contributed by atoms with E-state index in [0.717, 1.165) is 0 Å². The maximum Gasteiger partial charge on any atom is 0.229 e. The Balaban J connectivity index is 1.77. The van der Waals surface area contributed by atoms with Crippen LogP contribution in [0.5, 0.6) is 11.5 Å². The number of carbonyl (C=O) groups is 2. The lowest BCUT2D eigenvalue weighted by atomic mass is 10.1. The van der Waals surface area contributed by atoms with Crippen LogP contribution in [-0.4, -0.2) is 32.6 Å². The first kappa shape index (κ1) is 19.0. The largest absolute Gasteiger partial charge is 0.495 e. The maximum absolute atomic E-state index is 13.4. The molecule has 1 atom stereocenters. The normalized spacial score (nSPS) is 16.4. The molecule has 2 aromatic rings. The summed E-state index contributed by atoms with van der Waals surface area (Å²) in [6.07, 6.45) is 0.0371. The van der Waals surface area contributed by atoms with Crippen LogP contribution in [0.1, 0.15) is 6.42 Å². The van der Waals surface area contributed by atoms with E-state index in [9.17, 15) is 14.0 Å². The van der Waals surface area contributed by atoms with E-state index in [-0.39, 0.29) is 24.8 Å². The second-order valence-electron chi connectivity index (χ2n) is 6.06. The molecule has 0 aromatic heterocycles. The smallest absolute Gasteiger partial charge is 0.229 e. The molecule has 1 aliphatic heterocycles. The Morgan fingerprint density at radius 2 is 1.96 bits per heavy atom. The third-order valence-corrected chi connectivity index (χ3v) is 4.64. The van der Waals surface area contributed by atoms with E-state index in [4.69, 9.17) is 21.1 Å². The fraction of sp³-hybridized carbons (Fsp3) is 0.263. The van der Waals surface area contributed by atoms with E-state index in [0.29, 0.717) is 27.9 Å². The molecule has 0 radical (unpaired) electrons. The molecule has 8 heteroatoms. The van der Waals surface area contributed by atoms with Crippen molar-refractivity contribution in [2.75, 3.05) is 31.0 Å². The molecule has 1 saturated heterocycles. The van der Waals surface area contributed by atoms with Crippen molar-refractivity contribution in [2.45, 2.75) is 6.42 Å². The predicted octanol–water partition coefficient (Wildman–Crippen LogP) is 3.49. The SMILES string of the molecule is COc1cc(NC(=O)C2CC(=O)N(c3cccc(F)c3)C2)c(OC)cc1Cl. The molecule has 3 rings (SSSR count). The zero-order valence-corrected chi connectivity index (χ0v) is 15.5. The summed E-state index contributed by atoms with van der Waals surface area (Å²) in [5.74, 6) is -0.832. The molecular formula is C19H18ClFN2O4. The van der Waals surface area contributed by atoms with Gasteiger partial charge in [-0.25, -0.2) is 4.39 Å². The lowest BCUT2D eigenvalue weighted by Crippen LogP contribution is -2.28. The Labute approximate surface area is 160 Å². The van der Waals surface area contributed by atoms with Crippen molar-refractivity contribution in [3.63, 3.8) is 0 Å². The second-order valence-corrected chi connectivity index (χ2v) is 6.47. The molecule has 0 bridgehead atoms.